The van der Waals surface area contributed by atoms with Gasteiger partial charge in [-0.2, -0.15) is 0 Å². The minimum Gasteiger partial charge on any atom is -0.394 e. The number of carbonyl (C=O) groups is 1. The topological polar surface area (TPSA) is 169 Å². The minimum atomic E-state index is -1.61. The van der Waals surface area contributed by atoms with E-state index in [9.17, 15) is 35.4 Å². The van der Waals surface area contributed by atoms with Crippen LogP contribution in [-0.2, 0) is 20.7 Å². The molecule has 0 spiro atoms. The van der Waals surface area contributed by atoms with Gasteiger partial charge in [0.25, 0.3) is 0 Å². The van der Waals surface area contributed by atoms with Gasteiger partial charge in [0.1, 0.15) is 30.5 Å². The predicted molar refractivity (Wildman–Crippen MR) is 187 cm³/mol. The van der Waals surface area contributed by atoms with Crippen LogP contribution in [0, 0.1) is 0 Å². The van der Waals surface area contributed by atoms with Crippen molar-refractivity contribution in [1.29, 1.82) is 0 Å². The van der Waals surface area contributed by atoms with E-state index < -0.39 is 55.6 Å². The molecule has 0 aromatic heterocycles. The molecule has 0 unspecified atom stereocenters. The Bertz CT molecular complexity index is 921. The molecular weight excluding hydrogens is 614 g/mol. The van der Waals surface area contributed by atoms with Crippen LogP contribution in [0.5, 0.6) is 0 Å². The first-order chi connectivity index (χ1) is 23.3. The van der Waals surface area contributed by atoms with Crippen molar-refractivity contribution in [2.24, 2.45) is 0 Å². The lowest BCUT2D eigenvalue weighted by molar-refractivity contribution is -0.303. The lowest BCUT2D eigenvalue weighted by Gasteiger charge is -2.40. The summed E-state index contributed by atoms with van der Waals surface area (Å²) >= 11 is 0. The number of unbranched alkanes of at least 4 members (excludes halogenated alkanes) is 15. The van der Waals surface area contributed by atoms with Crippen LogP contribution in [0.3, 0.4) is 0 Å². The van der Waals surface area contributed by atoms with E-state index >= 15 is 0 Å². The third-order valence-corrected chi connectivity index (χ3v) is 9.51. The molecule has 1 heterocycles. The van der Waals surface area contributed by atoms with Crippen LogP contribution in [0.2, 0.25) is 0 Å². The Morgan fingerprint density at radius 3 is 1.94 bits per heavy atom. The first-order valence-electron chi connectivity index (χ1n) is 18.9. The number of hydrogen-bond donors (Lipinski definition) is 7. The van der Waals surface area contributed by atoms with Gasteiger partial charge in [0.2, 0.25) is 5.91 Å². The van der Waals surface area contributed by atoms with Crippen molar-refractivity contribution < 1.29 is 44.9 Å². The molecular formula is C38H67NO9. The molecule has 0 bridgehead atoms. The van der Waals surface area contributed by atoms with Gasteiger partial charge in [-0.25, -0.2) is 0 Å². The van der Waals surface area contributed by atoms with Gasteiger partial charge in [-0.3, -0.25) is 4.79 Å². The fraction of sp³-hybridized carbons (Fsp3) is 0.816. The van der Waals surface area contributed by atoms with E-state index in [4.69, 9.17) is 9.47 Å². The van der Waals surface area contributed by atoms with Crippen LogP contribution in [-0.4, -0.2) is 98.7 Å². The number of nitrogens with one attached hydrogen (secondary N) is 1. The predicted octanol–water partition coefficient (Wildman–Crippen LogP) is 4.68. The highest BCUT2D eigenvalue weighted by atomic mass is 16.7. The van der Waals surface area contributed by atoms with Crippen molar-refractivity contribution in [2.45, 2.75) is 184 Å². The first kappa shape index (κ1) is 42.5. The van der Waals surface area contributed by atoms with Gasteiger partial charge in [0, 0.05) is 6.42 Å². The number of aliphatic hydroxyl groups excluding tert-OH is 6. The first-order valence-corrected chi connectivity index (χ1v) is 18.9. The molecule has 1 aromatic rings. The molecule has 1 aromatic carbocycles. The second-order valence-electron chi connectivity index (χ2n) is 13.7. The van der Waals surface area contributed by atoms with Crippen LogP contribution in [0.4, 0.5) is 0 Å². The lowest BCUT2D eigenvalue weighted by atomic mass is 9.98. The highest BCUT2D eigenvalue weighted by Gasteiger charge is 2.44. The molecule has 10 nitrogen and oxygen atoms in total. The maximum Gasteiger partial charge on any atom is 0.220 e. The van der Waals surface area contributed by atoms with Crippen LogP contribution < -0.4 is 5.32 Å². The molecule has 1 aliphatic heterocycles. The molecule has 1 fully saturated rings. The molecule has 278 valence electrons. The molecule has 2 rings (SSSR count). The summed E-state index contributed by atoms with van der Waals surface area (Å²) in [4.78, 5) is 12.9. The Morgan fingerprint density at radius 2 is 1.33 bits per heavy atom. The van der Waals surface area contributed by atoms with Crippen molar-refractivity contribution in [3.05, 3.63) is 35.9 Å². The minimum absolute atomic E-state index is 0.261. The quantitative estimate of drug-likeness (QED) is 0.0621. The van der Waals surface area contributed by atoms with Gasteiger partial charge in [-0.1, -0.05) is 134 Å². The van der Waals surface area contributed by atoms with Crippen LogP contribution in [0.25, 0.3) is 0 Å². The molecule has 0 radical (unpaired) electrons. The smallest absolute Gasteiger partial charge is 0.220 e. The lowest BCUT2D eigenvalue weighted by Crippen LogP contribution is -2.60. The van der Waals surface area contributed by atoms with Gasteiger partial charge in [-0.05, 0) is 31.2 Å². The summed E-state index contributed by atoms with van der Waals surface area (Å²) in [5.41, 5.74) is 1.33. The summed E-state index contributed by atoms with van der Waals surface area (Å²) in [5.74, 6) is -0.279. The molecule has 10 heteroatoms. The zero-order chi connectivity index (χ0) is 35.0. The Kier molecular flexibility index (Phi) is 23.2. The highest BCUT2D eigenvalue weighted by Crippen LogP contribution is 2.23. The van der Waals surface area contributed by atoms with E-state index in [1.165, 1.54) is 56.9 Å². The number of hydrogen-bond acceptors (Lipinski definition) is 9. The summed E-state index contributed by atoms with van der Waals surface area (Å²) in [6, 6.07) is 9.37. The van der Waals surface area contributed by atoms with E-state index in [-0.39, 0.29) is 18.9 Å². The Morgan fingerprint density at radius 1 is 0.771 bits per heavy atom. The molecule has 48 heavy (non-hydrogen) atoms. The van der Waals surface area contributed by atoms with Gasteiger partial charge >= 0.3 is 0 Å². The van der Waals surface area contributed by atoms with Gasteiger partial charge < -0.3 is 45.4 Å². The Hall–Kier alpha value is -1.63. The van der Waals surface area contributed by atoms with E-state index in [0.29, 0.717) is 12.8 Å². The number of amides is 1. The summed E-state index contributed by atoms with van der Waals surface area (Å²) < 4.78 is 11.1. The zero-order valence-corrected chi connectivity index (χ0v) is 29.5. The molecule has 1 amide bonds. The molecule has 1 saturated heterocycles. The van der Waals surface area contributed by atoms with E-state index in [1.807, 2.05) is 18.2 Å². The summed E-state index contributed by atoms with van der Waals surface area (Å²) in [6.45, 7) is 1.32. The summed E-state index contributed by atoms with van der Waals surface area (Å²) in [6.07, 6.45) is 11.0. The average Bonchev–Trinajstić information content (AvgIpc) is 3.09. The van der Waals surface area contributed by atoms with E-state index in [1.54, 1.807) is 0 Å². The monoisotopic (exact) mass is 681 g/mol. The third-order valence-electron chi connectivity index (χ3n) is 9.51. The molecule has 7 N–H and O–H groups in total. The number of benzene rings is 1. The Balaban J connectivity index is 1.77. The SMILES string of the molecule is CCCCCCCCCCCCCC[C@@H](O)[C@@H](O)[C@H](CO[C@H]1O[C@H](CO)[C@H](O)[C@H](O)[C@H]1O)NC(=O)CCCCCCCc1ccccc1. The van der Waals surface area contributed by atoms with Crippen molar-refractivity contribution in [3.8, 4) is 0 Å². The number of carbonyl (C=O) groups excluding carboxylic acids is 1. The second-order valence-corrected chi connectivity index (χ2v) is 13.7. The summed E-state index contributed by atoms with van der Waals surface area (Å²) in [7, 11) is 0. The standard InChI is InChI=1S/C38H67NO9/c1-2-3-4-5-6-7-8-9-10-11-14-20-25-31(41)34(43)30(28-47-38-37(46)36(45)35(44)32(27-40)48-38)39-33(42)26-21-15-12-13-17-22-29-23-18-16-19-24-29/h16,18-19,23-24,30-32,34-38,40-41,43-46H,2-15,17,20-22,25-28H2,1H3,(H,39,42)/t30-,31+,32+,34-,35-,36-,37+,38-/m0/s1. The zero-order valence-electron chi connectivity index (χ0n) is 29.5. The number of rotatable bonds is 28. The largest absolute Gasteiger partial charge is 0.394 e. The average molecular weight is 682 g/mol. The van der Waals surface area contributed by atoms with E-state index in [0.717, 1.165) is 57.8 Å². The molecule has 0 aliphatic carbocycles. The number of aryl methyl sites for hydroxylation is 1. The van der Waals surface area contributed by atoms with Crippen LogP contribution in [0.15, 0.2) is 30.3 Å². The fourth-order valence-corrected chi connectivity index (χ4v) is 6.33. The molecule has 8 atom stereocenters. The third kappa shape index (κ3) is 17.3. The van der Waals surface area contributed by atoms with Gasteiger partial charge in [0.05, 0.1) is 25.4 Å². The second kappa shape index (κ2) is 26.2. The maximum absolute atomic E-state index is 12.9. The van der Waals surface area contributed by atoms with Crippen LogP contribution >= 0.6 is 0 Å². The van der Waals surface area contributed by atoms with Crippen molar-refractivity contribution in [2.75, 3.05) is 13.2 Å². The van der Waals surface area contributed by atoms with Crippen LogP contribution in [0.1, 0.15) is 134 Å². The molecule has 0 saturated carbocycles. The van der Waals surface area contributed by atoms with E-state index in [2.05, 4.69) is 24.4 Å². The van der Waals surface area contributed by atoms with Crippen molar-refractivity contribution >= 4 is 5.91 Å². The Labute approximate surface area is 289 Å². The highest BCUT2D eigenvalue weighted by molar-refractivity contribution is 5.76. The normalized spacial score (nSPS) is 23.1. The van der Waals surface area contributed by atoms with Gasteiger partial charge in [0.15, 0.2) is 6.29 Å². The van der Waals surface area contributed by atoms with Crippen molar-refractivity contribution in [3.63, 3.8) is 0 Å². The number of aliphatic hydroxyl groups is 6. The maximum atomic E-state index is 12.9. The summed E-state index contributed by atoms with van der Waals surface area (Å²) in [5, 5.41) is 64.8. The number of ether oxygens (including phenoxy) is 2. The van der Waals surface area contributed by atoms with Gasteiger partial charge in [-0.15, -0.1) is 0 Å². The molecule has 1 aliphatic rings. The van der Waals surface area contributed by atoms with Crippen molar-refractivity contribution in [1.82, 2.24) is 5.32 Å². The fourth-order valence-electron chi connectivity index (χ4n) is 6.33.